The quantitative estimate of drug-likeness (QED) is 0.410. The van der Waals surface area contributed by atoms with E-state index in [9.17, 15) is 14.4 Å². The van der Waals surface area contributed by atoms with Crippen molar-refractivity contribution in [2.24, 2.45) is 17.8 Å². The number of hydrogen-bond donors (Lipinski definition) is 0. The van der Waals surface area contributed by atoms with Crippen LogP contribution in [0.25, 0.3) is 0 Å². The first kappa shape index (κ1) is 16.3. The lowest BCUT2D eigenvalue weighted by molar-refractivity contribution is -0.177. The van der Waals surface area contributed by atoms with E-state index in [-0.39, 0.29) is 19.4 Å². The first-order chi connectivity index (χ1) is 10.6. The predicted octanol–water partition coefficient (Wildman–Crippen LogP) is 2.28. The number of carbonyl (C=O) groups excluding carboxylic acids is 3. The number of carbonyl (C=O) groups is 3. The zero-order valence-corrected chi connectivity index (χ0v) is 12.7. The number of amides is 2. The normalized spacial score (nSPS) is 26.7. The summed E-state index contributed by atoms with van der Waals surface area (Å²) in [5.74, 6) is 2.92. The van der Waals surface area contributed by atoms with E-state index in [4.69, 9.17) is 11.2 Å². The fraction of sp³-hybridized carbons (Fsp3) is 0.688. The highest BCUT2D eigenvalue weighted by molar-refractivity contribution is 6.01. The van der Waals surface area contributed by atoms with Crippen molar-refractivity contribution in [3.05, 3.63) is 0 Å². The highest BCUT2D eigenvalue weighted by Crippen LogP contribution is 2.52. The second-order valence-corrected chi connectivity index (χ2v) is 5.76. The number of imide groups is 1. The fourth-order valence-corrected chi connectivity index (χ4v) is 3.13. The maximum absolute atomic E-state index is 11.6. The molecule has 3 atom stereocenters. The maximum Gasteiger partial charge on any atom is 0.533 e. The van der Waals surface area contributed by atoms with Crippen LogP contribution in [0.15, 0.2) is 0 Å². The summed E-state index contributed by atoms with van der Waals surface area (Å²) in [6.07, 6.45) is 8.25. The minimum atomic E-state index is -0.999. The summed E-state index contributed by atoms with van der Waals surface area (Å²) < 4.78 is 5.05. The van der Waals surface area contributed by atoms with Crippen LogP contribution in [-0.2, 0) is 19.2 Å². The van der Waals surface area contributed by atoms with E-state index >= 15 is 0 Å². The van der Waals surface area contributed by atoms with Gasteiger partial charge in [-0.3, -0.25) is 14.4 Å². The summed E-state index contributed by atoms with van der Waals surface area (Å²) in [5.41, 5.74) is 0. The van der Waals surface area contributed by atoms with Crippen LogP contribution in [-0.4, -0.2) is 29.6 Å². The Morgan fingerprint density at radius 2 is 1.86 bits per heavy atom. The third-order valence-corrected chi connectivity index (χ3v) is 4.32. The molecular formula is C16H21NO5. The largest absolute Gasteiger partial charge is 0.533 e. The molecule has 22 heavy (non-hydrogen) atoms. The smallest absolute Gasteiger partial charge is 0.432 e. The van der Waals surface area contributed by atoms with Gasteiger partial charge in [-0.05, 0) is 24.2 Å². The Labute approximate surface area is 130 Å². The van der Waals surface area contributed by atoms with Crippen LogP contribution in [0.3, 0.4) is 0 Å². The molecule has 1 aliphatic carbocycles. The summed E-state index contributed by atoms with van der Waals surface area (Å²) in [6.45, 7) is 2.36. The Morgan fingerprint density at radius 3 is 2.45 bits per heavy atom. The van der Waals surface area contributed by atoms with Crippen LogP contribution in [0, 0.1) is 30.1 Å². The Morgan fingerprint density at radius 1 is 1.23 bits per heavy atom. The van der Waals surface area contributed by atoms with Crippen molar-refractivity contribution in [1.82, 2.24) is 5.06 Å². The van der Waals surface area contributed by atoms with Gasteiger partial charge in [-0.1, -0.05) is 24.8 Å². The van der Waals surface area contributed by atoms with Crippen molar-refractivity contribution in [3.8, 4) is 12.3 Å². The third kappa shape index (κ3) is 3.79. The molecule has 3 unspecified atom stereocenters. The summed E-state index contributed by atoms with van der Waals surface area (Å²) in [5, 5.41) is 0.495. The van der Waals surface area contributed by atoms with Crippen LogP contribution in [0.4, 0.5) is 4.79 Å². The summed E-state index contributed by atoms with van der Waals surface area (Å²) in [6, 6.07) is 0. The fourth-order valence-electron chi connectivity index (χ4n) is 3.13. The Hall–Kier alpha value is -2.03. The van der Waals surface area contributed by atoms with Gasteiger partial charge in [0, 0.05) is 19.3 Å². The highest BCUT2D eigenvalue weighted by atomic mass is 16.8. The standard InChI is InChI=1S/C16H21NO5/c1-3-5-7-12-11(6-4-2)13(12)10-21-16(20)22-17-14(18)8-9-15(17)19/h1,11-13H,4-10H2,2H3. The van der Waals surface area contributed by atoms with E-state index in [2.05, 4.69) is 17.7 Å². The van der Waals surface area contributed by atoms with E-state index < -0.39 is 18.0 Å². The van der Waals surface area contributed by atoms with Gasteiger partial charge in [0.15, 0.2) is 0 Å². The molecule has 6 heteroatoms. The van der Waals surface area contributed by atoms with E-state index in [0.29, 0.717) is 22.8 Å². The molecule has 2 fully saturated rings. The predicted molar refractivity (Wildman–Crippen MR) is 77.0 cm³/mol. The molecule has 6 nitrogen and oxygen atoms in total. The number of hydrogen-bond acceptors (Lipinski definition) is 5. The molecule has 0 aromatic heterocycles. The molecule has 1 aliphatic heterocycles. The van der Waals surface area contributed by atoms with E-state index in [1.165, 1.54) is 0 Å². The minimum Gasteiger partial charge on any atom is -0.432 e. The van der Waals surface area contributed by atoms with Crippen molar-refractivity contribution < 1.29 is 24.0 Å². The molecule has 120 valence electrons. The number of ether oxygens (including phenoxy) is 1. The van der Waals surface area contributed by atoms with Gasteiger partial charge in [0.25, 0.3) is 11.8 Å². The molecule has 2 amide bonds. The van der Waals surface area contributed by atoms with Gasteiger partial charge in [-0.15, -0.1) is 12.3 Å². The molecule has 0 aromatic carbocycles. The van der Waals surface area contributed by atoms with Crippen LogP contribution in [0.5, 0.6) is 0 Å². The molecular weight excluding hydrogens is 286 g/mol. The Kier molecular flexibility index (Phi) is 5.42. The number of nitrogens with zero attached hydrogens (tertiary/aromatic N) is 1. The second-order valence-electron chi connectivity index (χ2n) is 5.76. The van der Waals surface area contributed by atoms with E-state index in [0.717, 1.165) is 25.7 Å². The van der Waals surface area contributed by atoms with Crippen molar-refractivity contribution in [1.29, 1.82) is 0 Å². The monoisotopic (exact) mass is 307 g/mol. The van der Waals surface area contributed by atoms with E-state index in [1.807, 2.05) is 0 Å². The van der Waals surface area contributed by atoms with Gasteiger partial charge >= 0.3 is 6.16 Å². The molecule has 1 heterocycles. The van der Waals surface area contributed by atoms with Crippen molar-refractivity contribution in [2.45, 2.75) is 45.4 Å². The molecule has 1 saturated heterocycles. The SMILES string of the molecule is C#CCCC1C(CCC)C1COC(=O)ON1C(=O)CCC1=O. The Bertz CT molecular complexity index is 479. The molecule has 2 aliphatic rings. The lowest BCUT2D eigenvalue weighted by atomic mass is 10.1. The third-order valence-electron chi connectivity index (χ3n) is 4.32. The maximum atomic E-state index is 11.6. The van der Waals surface area contributed by atoms with Crippen LogP contribution in [0.1, 0.15) is 45.4 Å². The lowest BCUT2D eigenvalue weighted by Crippen LogP contribution is -2.32. The topological polar surface area (TPSA) is 72.9 Å². The summed E-state index contributed by atoms with van der Waals surface area (Å²) in [4.78, 5) is 38.9. The lowest BCUT2D eigenvalue weighted by Gasteiger charge is -2.12. The first-order valence-corrected chi connectivity index (χ1v) is 7.72. The number of terminal acetylenes is 1. The van der Waals surface area contributed by atoms with Crippen LogP contribution < -0.4 is 0 Å². The van der Waals surface area contributed by atoms with Crippen LogP contribution in [0.2, 0.25) is 0 Å². The molecule has 1 saturated carbocycles. The zero-order valence-electron chi connectivity index (χ0n) is 12.7. The van der Waals surface area contributed by atoms with E-state index in [1.54, 1.807) is 0 Å². The average Bonchev–Trinajstić information content (AvgIpc) is 3.07. The minimum absolute atomic E-state index is 0.0709. The molecule has 2 rings (SSSR count). The van der Waals surface area contributed by atoms with Gasteiger partial charge in [-0.25, -0.2) is 4.79 Å². The van der Waals surface area contributed by atoms with Gasteiger partial charge < -0.3 is 4.74 Å². The molecule has 0 N–H and O–H groups in total. The zero-order chi connectivity index (χ0) is 16.1. The number of rotatable bonds is 7. The molecule has 0 aromatic rings. The average molecular weight is 307 g/mol. The summed E-state index contributed by atoms with van der Waals surface area (Å²) in [7, 11) is 0. The van der Waals surface area contributed by atoms with Gasteiger partial charge in [-0.2, -0.15) is 0 Å². The van der Waals surface area contributed by atoms with Gasteiger partial charge in [0.2, 0.25) is 0 Å². The highest BCUT2D eigenvalue weighted by Gasteiger charge is 2.49. The molecule has 0 radical (unpaired) electrons. The first-order valence-electron chi connectivity index (χ1n) is 7.72. The van der Waals surface area contributed by atoms with Crippen molar-refractivity contribution in [3.63, 3.8) is 0 Å². The Balaban J connectivity index is 1.75. The van der Waals surface area contributed by atoms with Crippen molar-refractivity contribution in [2.75, 3.05) is 6.61 Å². The molecule has 0 spiro atoms. The van der Waals surface area contributed by atoms with Gasteiger partial charge in [0.1, 0.15) is 0 Å². The second kappa shape index (κ2) is 7.30. The molecule has 0 bridgehead atoms. The van der Waals surface area contributed by atoms with Crippen molar-refractivity contribution >= 4 is 18.0 Å². The summed E-state index contributed by atoms with van der Waals surface area (Å²) >= 11 is 0. The van der Waals surface area contributed by atoms with Gasteiger partial charge in [0.05, 0.1) is 6.61 Å². The number of hydroxylamine groups is 2. The van der Waals surface area contributed by atoms with Crippen LogP contribution >= 0.6 is 0 Å².